The fourth-order valence-corrected chi connectivity index (χ4v) is 5.80. The third-order valence-electron chi connectivity index (χ3n) is 7.79. The van der Waals surface area contributed by atoms with Crippen LogP contribution in [-0.2, 0) is 6.42 Å². The van der Waals surface area contributed by atoms with Crippen molar-refractivity contribution >= 4 is 22.9 Å². The maximum atomic E-state index is 13.1. The maximum Gasteiger partial charge on any atom is 0.268 e. The van der Waals surface area contributed by atoms with Gasteiger partial charge in [-0.25, -0.2) is 0 Å². The molecule has 2 aliphatic heterocycles. The first-order chi connectivity index (χ1) is 15.7. The first-order valence-electron chi connectivity index (χ1n) is 12.8. The summed E-state index contributed by atoms with van der Waals surface area (Å²) < 4.78 is 0. The standard InChI is InChI=1S/C27H38N4O/c1-20-25-23-9-5-4-8-21(23)10-11-24(25)29-26(20)27(32)28-22-12-16-31(17-13-22)19-18-30-14-6-2-3-7-15-30/h5,9-11,22,29H,2-4,6-8,12-19H2,1H3,(H,28,32). The highest BCUT2D eigenvalue weighted by Crippen LogP contribution is 2.32. The van der Waals surface area contributed by atoms with Crippen LogP contribution >= 0.6 is 0 Å². The molecule has 2 N–H and O–H groups in total. The summed E-state index contributed by atoms with van der Waals surface area (Å²) in [5, 5.41) is 4.54. The second kappa shape index (κ2) is 9.80. The van der Waals surface area contributed by atoms with Gasteiger partial charge in [0.25, 0.3) is 5.91 Å². The number of aromatic amines is 1. The van der Waals surface area contributed by atoms with Gasteiger partial charge < -0.3 is 20.1 Å². The Labute approximate surface area is 192 Å². The van der Waals surface area contributed by atoms with Crippen LogP contribution in [0.5, 0.6) is 0 Å². The zero-order valence-electron chi connectivity index (χ0n) is 19.6. The molecule has 0 spiro atoms. The lowest BCUT2D eigenvalue weighted by Gasteiger charge is -2.33. The molecule has 0 saturated carbocycles. The Morgan fingerprint density at radius 1 is 1.03 bits per heavy atom. The number of carbonyl (C=O) groups excluding carboxylic acids is 1. The largest absolute Gasteiger partial charge is 0.350 e. The number of hydrogen-bond acceptors (Lipinski definition) is 3. The summed E-state index contributed by atoms with van der Waals surface area (Å²) in [5.41, 5.74) is 5.56. The number of H-pyrrole nitrogens is 1. The summed E-state index contributed by atoms with van der Waals surface area (Å²) in [6.07, 6.45) is 14.3. The van der Waals surface area contributed by atoms with E-state index in [9.17, 15) is 4.79 Å². The molecule has 172 valence electrons. The number of amides is 1. The Bertz CT molecular complexity index is 975. The van der Waals surface area contributed by atoms with Crippen molar-refractivity contribution in [3.63, 3.8) is 0 Å². The van der Waals surface area contributed by atoms with E-state index in [-0.39, 0.29) is 11.9 Å². The molecule has 32 heavy (non-hydrogen) atoms. The molecule has 5 rings (SSSR count). The molecule has 1 aliphatic carbocycles. The first-order valence-corrected chi connectivity index (χ1v) is 12.8. The van der Waals surface area contributed by atoms with Gasteiger partial charge in [0.1, 0.15) is 5.69 Å². The first kappa shape index (κ1) is 21.7. The van der Waals surface area contributed by atoms with Crippen molar-refractivity contribution < 1.29 is 4.79 Å². The molecule has 0 bridgehead atoms. The normalized spacial score (nSPS) is 20.9. The molecule has 3 aliphatic rings. The second-order valence-corrected chi connectivity index (χ2v) is 9.97. The fourth-order valence-electron chi connectivity index (χ4n) is 5.80. The molecule has 0 atom stereocenters. The van der Waals surface area contributed by atoms with Gasteiger partial charge in [0, 0.05) is 43.1 Å². The number of aryl methyl sites for hydroxylation is 2. The molecule has 2 fully saturated rings. The third-order valence-corrected chi connectivity index (χ3v) is 7.79. The minimum Gasteiger partial charge on any atom is -0.350 e. The van der Waals surface area contributed by atoms with Gasteiger partial charge in [0.2, 0.25) is 0 Å². The molecular formula is C27H38N4O. The minimum absolute atomic E-state index is 0.0512. The van der Waals surface area contributed by atoms with Crippen LogP contribution in [0.1, 0.15) is 72.1 Å². The van der Waals surface area contributed by atoms with E-state index in [2.05, 4.69) is 51.3 Å². The van der Waals surface area contributed by atoms with Gasteiger partial charge in [-0.05, 0) is 81.3 Å². The smallest absolute Gasteiger partial charge is 0.268 e. The molecular weight excluding hydrogens is 396 g/mol. The number of benzene rings is 1. The van der Waals surface area contributed by atoms with E-state index in [0.717, 1.165) is 55.5 Å². The van der Waals surface area contributed by atoms with Gasteiger partial charge in [0.15, 0.2) is 0 Å². The lowest BCUT2D eigenvalue weighted by molar-refractivity contribution is 0.0902. The van der Waals surface area contributed by atoms with Gasteiger partial charge in [0.05, 0.1) is 0 Å². The second-order valence-electron chi connectivity index (χ2n) is 9.97. The molecule has 2 aromatic rings. The van der Waals surface area contributed by atoms with Crippen LogP contribution in [0.3, 0.4) is 0 Å². The molecule has 0 unspecified atom stereocenters. The van der Waals surface area contributed by atoms with E-state index in [1.807, 2.05) is 0 Å². The number of rotatable bonds is 5. The maximum absolute atomic E-state index is 13.1. The zero-order valence-corrected chi connectivity index (χ0v) is 19.6. The molecule has 1 aromatic carbocycles. The Morgan fingerprint density at radius 3 is 2.50 bits per heavy atom. The van der Waals surface area contributed by atoms with E-state index in [1.54, 1.807) is 0 Å². The van der Waals surface area contributed by atoms with E-state index >= 15 is 0 Å². The molecule has 5 heteroatoms. The van der Waals surface area contributed by atoms with Crippen LogP contribution in [0.4, 0.5) is 0 Å². The lowest BCUT2D eigenvalue weighted by Crippen LogP contribution is -2.46. The lowest BCUT2D eigenvalue weighted by atomic mass is 9.93. The summed E-state index contributed by atoms with van der Waals surface area (Å²) in [4.78, 5) is 21.8. The van der Waals surface area contributed by atoms with Crippen molar-refractivity contribution in [1.82, 2.24) is 20.1 Å². The number of allylic oxidation sites excluding steroid dienone is 1. The Morgan fingerprint density at radius 2 is 1.75 bits per heavy atom. The fraction of sp³-hybridized carbons (Fsp3) is 0.593. The van der Waals surface area contributed by atoms with Gasteiger partial charge in [-0.3, -0.25) is 4.79 Å². The minimum atomic E-state index is 0.0512. The average molecular weight is 435 g/mol. The van der Waals surface area contributed by atoms with E-state index in [4.69, 9.17) is 0 Å². The van der Waals surface area contributed by atoms with E-state index in [0.29, 0.717) is 0 Å². The van der Waals surface area contributed by atoms with Gasteiger partial charge in [-0.1, -0.05) is 31.1 Å². The van der Waals surface area contributed by atoms with Crippen LogP contribution in [-0.4, -0.2) is 66.0 Å². The van der Waals surface area contributed by atoms with Crippen LogP contribution < -0.4 is 5.32 Å². The van der Waals surface area contributed by atoms with Crippen molar-refractivity contribution in [3.05, 3.63) is 40.6 Å². The molecule has 0 radical (unpaired) electrons. The van der Waals surface area contributed by atoms with E-state index in [1.165, 1.54) is 68.4 Å². The molecule has 1 aromatic heterocycles. The monoisotopic (exact) mass is 434 g/mol. The number of hydrogen-bond donors (Lipinski definition) is 2. The molecule has 1 amide bonds. The van der Waals surface area contributed by atoms with E-state index < -0.39 is 0 Å². The summed E-state index contributed by atoms with van der Waals surface area (Å²) in [5.74, 6) is 0.0512. The van der Waals surface area contributed by atoms with Crippen LogP contribution in [0.25, 0.3) is 17.0 Å². The molecule has 3 heterocycles. The Hall–Kier alpha value is -2.11. The topological polar surface area (TPSA) is 51.4 Å². The van der Waals surface area contributed by atoms with Gasteiger partial charge in [-0.15, -0.1) is 0 Å². The number of likely N-dealkylation sites (tertiary alicyclic amines) is 2. The van der Waals surface area contributed by atoms with Crippen molar-refractivity contribution in [1.29, 1.82) is 0 Å². The number of piperidine rings is 1. The van der Waals surface area contributed by atoms with Crippen molar-refractivity contribution in [3.8, 4) is 0 Å². The van der Waals surface area contributed by atoms with Crippen LogP contribution in [0.15, 0.2) is 18.2 Å². The predicted octanol–water partition coefficient (Wildman–Crippen LogP) is 4.51. The third kappa shape index (κ3) is 4.65. The highest BCUT2D eigenvalue weighted by molar-refractivity contribution is 6.04. The zero-order chi connectivity index (χ0) is 21.9. The quantitative estimate of drug-likeness (QED) is 0.728. The van der Waals surface area contributed by atoms with Crippen LogP contribution in [0.2, 0.25) is 0 Å². The average Bonchev–Trinajstić information content (AvgIpc) is 2.98. The summed E-state index contributed by atoms with van der Waals surface area (Å²) in [7, 11) is 0. The summed E-state index contributed by atoms with van der Waals surface area (Å²) in [6.45, 7) is 9.17. The number of carbonyl (C=O) groups is 1. The van der Waals surface area contributed by atoms with Crippen molar-refractivity contribution in [2.24, 2.45) is 0 Å². The summed E-state index contributed by atoms with van der Waals surface area (Å²) in [6, 6.07) is 4.62. The number of nitrogens with zero attached hydrogens (tertiary/aromatic N) is 2. The Kier molecular flexibility index (Phi) is 6.65. The SMILES string of the molecule is Cc1c(C(=O)NC2CCN(CCN3CCCCCC3)CC2)[nH]c2ccc3c(c12)C=CCC3. The van der Waals surface area contributed by atoms with Gasteiger partial charge in [-0.2, -0.15) is 0 Å². The van der Waals surface area contributed by atoms with Crippen molar-refractivity contribution in [2.45, 2.75) is 64.3 Å². The highest BCUT2D eigenvalue weighted by Gasteiger charge is 2.24. The molecule has 2 saturated heterocycles. The predicted molar refractivity (Wildman–Crippen MR) is 132 cm³/mol. The number of fused-ring (bicyclic) bond motifs is 3. The summed E-state index contributed by atoms with van der Waals surface area (Å²) >= 11 is 0. The number of aromatic nitrogens is 1. The van der Waals surface area contributed by atoms with Gasteiger partial charge >= 0.3 is 0 Å². The Balaban J connectivity index is 1.16. The van der Waals surface area contributed by atoms with Crippen LogP contribution in [0, 0.1) is 6.92 Å². The molecule has 5 nitrogen and oxygen atoms in total. The number of nitrogens with one attached hydrogen (secondary N) is 2. The highest BCUT2D eigenvalue weighted by atomic mass is 16.2. The van der Waals surface area contributed by atoms with Crippen molar-refractivity contribution in [2.75, 3.05) is 39.3 Å².